The minimum absolute atomic E-state index is 0.00445. The van der Waals surface area contributed by atoms with Gasteiger partial charge in [0, 0.05) is 17.7 Å². The highest BCUT2D eigenvalue weighted by Gasteiger charge is 2.25. The van der Waals surface area contributed by atoms with Crippen molar-refractivity contribution in [3.8, 4) is 5.75 Å². The maximum absolute atomic E-state index is 12.2. The number of methoxy groups -OCH3 is 1. The van der Waals surface area contributed by atoms with Crippen LogP contribution in [0.5, 0.6) is 5.75 Å². The molecule has 1 unspecified atom stereocenters. The van der Waals surface area contributed by atoms with Gasteiger partial charge in [-0.3, -0.25) is 9.59 Å². The quantitative estimate of drug-likeness (QED) is 0.738. The molecule has 1 aliphatic carbocycles. The highest BCUT2D eigenvalue weighted by molar-refractivity contribution is 5.98. The summed E-state index contributed by atoms with van der Waals surface area (Å²) in [4.78, 5) is 35.3. The van der Waals surface area contributed by atoms with Gasteiger partial charge in [0.1, 0.15) is 17.4 Å². The summed E-state index contributed by atoms with van der Waals surface area (Å²) in [5.74, 6) is -1.42. The number of amides is 2. The lowest BCUT2D eigenvalue weighted by Gasteiger charge is -2.17. The number of carboxylic acids is 1. The topological polar surface area (TPSA) is 105 Å². The molecule has 0 radical (unpaired) electrons. The monoisotopic (exact) mass is 334 g/mol. The number of hydrogen-bond acceptors (Lipinski definition) is 4. The Labute approximate surface area is 140 Å². The summed E-state index contributed by atoms with van der Waals surface area (Å²) in [5.41, 5.74) is 0.418. The van der Waals surface area contributed by atoms with Crippen molar-refractivity contribution < 1.29 is 24.2 Å². The molecule has 0 bridgehead atoms. The maximum atomic E-state index is 12.2. The molecule has 1 aliphatic rings. The van der Waals surface area contributed by atoms with Gasteiger partial charge in [-0.15, -0.1) is 0 Å². The van der Waals surface area contributed by atoms with Gasteiger partial charge in [-0.1, -0.05) is 12.8 Å². The molecule has 7 nitrogen and oxygen atoms in total. The zero-order valence-electron chi connectivity index (χ0n) is 13.8. The van der Waals surface area contributed by atoms with Crippen LogP contribution in [0.3, 0.4) is 0 Å². The van der Waals surface area contributed by atoms with E-state index in [-0.39, 0.29) is 29.0 Å². The summed E-state index contributed by atoms with van der Waals surface area (Å²) >= 11 is 0. The standard InChI is InChI=1S/C17H22N2O5/c1-10(18-16(21)11-5-3-4-6-11)15(20)19-12-7-8-13(17(22)23)14(9-12)24-2/h7-11H,3-6H2,1-2H3,(H,18,21)(H,19,20)(H,22,23). The van der Waals surface area contributed by atoms with Crippen molar-refractivity contribution >= 4 is 23.5 Å². The van der Waals surface area contributed by atoms with Crippen molar-refractivity contribution in [1.82, 2.24) is 5.32 Å². The summed E-state index contributed by atoms with van der Waals surface area (Å²) in [5, 5.41) is 14.4. The Bertz CT molecular complexity index is 638. The number of rotatable bonds is 6. The molecule has 0 aromatic heterocycles. The minimum atomic E-state index is -1.11. The lowest BCUT2D eigenvalue weighted by atomic mass is 10.1. The Morgan fingerprint density at radius 3 is 2.50 bits per heavy atom. The van der Waals surface area contributed by atoms with Gasteiger partial charge in [0.05, 0.1) is 7.11 Å². The number of hydrogen-bond donors (Lipinski definition) is 3. The average molecular weight is 334 g/mol. The van der Waals surface area contributed by atoms with Gasteiger partial charge < -0.3 is 20.5 Å². The third-order valence-corrected chi connectivity index (χ3v) is 4.18. The van der Waals surface area contributed by atoms with Crippen LogP contribution in [0.1, 0.15) is 43.0 Å². The first-order valence-electron chi connectivity index (χ1n) is 7.95. The van der Waals surface area contributed by atoms with Crippen molar-refractivity contribution in [2.75, 3.05) is 12.4 Å². The number of carboxylic acid groups (broad SMARTS) is 1. The summed E-state index contributed by atoms with van der Waals surface area (Å²) < 4.78 is 5.02. The summed E-state index contributed by atoms with van der Waals surface area (Å²) in [6.45, 7) is 1.62. The molecular formula is C17H22N2O5. The number of carbonyl (C=O) groups excluding carboxylic acids is 2. The lowest BCUT2D eigenvalue weighted by Crippen LogP contribution is -2.43. The predicted octanol–water partition coefficient (Wildman–Crippen LogP) is 2.03. The maximum Gasteiger partial charge on any atom is 0.339 e. The van der Waals surface area contributed by atoms with E-state index in [0.717, 1.165) is 25.7 Å². The van der Waals surface area contributed by atoms with Crippen LogP contribution in [0.15, 0.2) is 18.2 Å². The molecule has 0 saturated heterocycles. The van der Waals surface area contributed by atoms with Crippen LogP contribution in [0.4, 0.5) is 5.69 Å². The molecule has 0 spiro atoms. The second-order valence-corrected chi connectivity index (χ2v) is 5.92. The molecule has 3 N–H and O–H groups in total. The largest absolute Gasteiger partial charge is 0.496 e. The van der Waals surface area contributed by atoms with Crippen LogP contribution < -0.4 is 15.4 Å². The fourth-order valence-electron chi connectivity index (χ4n) is 2.78. The fraction of sp³-hybridized carbons (Fsp3) is 0.471. The van der Waals surface area contributed by atoms with E-state index >= 15 is 0 Å². The van der Waals surface area contributed by atoms with Crippen LogP contribution in [0.2, 0.25) is 0 Å². The zero-order valence-corrected chi connectivity index (χ0v) is 13.8. The molecule has 130 valence electrons. The molecular weight excluding hydrogens is 312 g/mol. The number of aromatic carboxylic acids is 1. The molecule has 0 heterocycles. The molecule has 1 aromatic carbocycles. The number of benzene rings is 1. The highest BCUT2D eigenvalue weighted by Crippen LogP contribution is 2.25. The van der Waals surface area contributed by atoms with E-state index in [9.17, 15) is 14.4 Å². The van der Waals surface area contributed by atoms with Crippen LogP contribution in [0.25, 0.3) is 0 Å². The molecule has 1 fully saturated rings. The van der Waals surface area contributed by atoms with Crippen molar-refractivity contribution in [3.63, 3.8) is 0 Å². The van der Waals surface area contributed by atoms with Crippen LogP contribution in [-0.2, 0) is 9.59 Å². The Morgan fingerprint density at radius 2 is 1.92 bits per heavy atom. The number of anilines is 1. The predicted molar refractivity (Wildman–Crippen MR) is 88.1 cm³/mol. The molecule has 7 heteroatoms. The smallest absolute Gasteiger partial charge is 0.339 e. The molecule has 0 aliphatic heterocycles. The van der Waals surface area contributed by atoms with Crippen LogP contribution in [-0.4, -0.2) is 36.0 Å². The van der Waals surface area contributed by atoms with Crippen molar-refractivity contribution in [1.29, 1.82) is 0 Å². The van der Waals surface area contributed by atoms with Crippen molar-refractivity contribution in [3.05, 3.63) is 23.8 Å². The molecule has 24 heavy (non-hydrogen) atoms. The SMILES string of the molecule is COc1cc(NC(=O)C(C)NC(=O)C2CCCC2)ccc1C(=O)O. The average Bonchev–Trinajstić information content (AvgIpc) is 3.08. The third kappa shape index (κ3) is 4.24. The molecule has 1 saturated carbocycles. The van der Waals surface area contributed by atoms with Crippen molar-refractivity contribution in [2.24, 2.45) is 5.92 Å². The molecule has 2 amide bonds. The summed E-state index contributed by atoms with van der Waals surface area (Å²) in [7, 11) is 1.36. The first-order chi connectivity index (χ1) is 11.4. The van der Waals surface area contributed by atoms with Gasteiger partial charge in [-0.2, -0.15) is 0 Å². The van der Waals surface area contributed by atoms with Gasteiger partial charge in [-0.05, 0) is 31.9 Å². The first kappa shape index (κ1) is 17.8. The summed E-state index contributed by atoms with van der Waals surface area (Å²) in [6.07, 6.45) is 3.84. The Morgan fingerprint density at radius 1 is 1.25 bits per heavy atom. The van der Waals surface area contributed by atoms with E-state index in [1.807, 2.05) is 0 Å². The van der Waals surface area contributed by atoms with Gasteiger partial charge in [0.2, 0.25) is 11.8 Å². The third-order valence-electron chi connectivity index (χ3n) is 4.18. The lowest BCUT2D eigenvalue weighted by molar-refractivity contribution is -0.128. The van der Waals surface area contributed by atoms with E-state index in [0.29, 0.717) is 5.69 Å². The second kappa shape index (κ2) is 7.81. The molecule has 2 rings (SSSR count). The van der Waals surface area contributed by atoms with E-state index < -0.39 is 12.0 Å². The Kier molecular flexibility index (Phi) is 5.78. The number of ether oxygens (including phenoxy) is 1. The Balaban J connectivity index is 1.98. The first-order valence-corrected chi connectivity index (χ1v) is 7.95. The number of carbonyl (C=O) groups is 3. The fourth-order valence-corrected chi connectivity index (χ4v) is 2.78. The minimum Gasteiger partial charge on any atom is -0.496 e. The molecule has 1 atom stereocenters. The van der Waals surface area contributed by atoms with Gasteiger partial charge in [0.15, 0.2) is 0 Å². The van der Waals surface area contributed by atoms with E-state index in [1.165, 1.54) is 25.3 Å². The van der Waals surface area contributed by atoms with E-state index in [4.69, 9.17) is 9.84 Å². The van der Waals surface area contributed by atoms with Gasteiger partial charge in [0.25, 0.3) is 0 Å². The van der Waals surface area contributed by atoms with E-state index in [1.54, 1.807) is 6.92 Å². The van der Waals surface area contributed by atoms with Gasteiger partial charge in [-0.25, -0.2) is 4.79 Å². The zero-order chi connectivity index (χ0) is 17.7. The molecule has 1 aromatic rings. The van der Waals surface area contributed by atoms with Crippen LogP contribution >= 0.6 is 0 Å². The van der Waals surface area contributed by atoms with Gasteiger partial charge >= 0.3 is 5.97 Å². The Hall–Kier alpha value is -2.57. The summed E-state index contributed by atoms with van der Waals surface area (Å²) in [6, 6.07) is 3.60. The second-order valence-electron chi connectivity index (χ2n) is 5.92. The normalized spacial score (nSPS) is 15.6. The van der Waals surface area contributed by atoms with E-state index in [2.05, 4.69) is 10.6 Å². The highest BCUT2D eigenvalue weighted by atomic mass is 16.5. The van der Waals surface area contributed by atoms with Crippen LogP contribution in [0, 0.1) is 5.92 Å². The van der Waals surface area contributed by atoms with Crippen molar-refractivity contribution in [2.45, 2.75) is 38.6 Å². The number of nitrogens with one attached hydrogen (secondary N) is 2.